The van der Waals surface area contributed by atoms with Crippen molar-refractivity contribution in [1.29, 1.82) is 0 Å². The quantitative estimate of drug-likeness (QED) is 0.796. The van der Waals surface area contributed by atoms with Crippen molar-refractivity contribution in [3.8, 4) is 0 Å². The number of hydrogen-bond donors (Lipinski definition) is 1. The van der Waals surface area contributed by atoms with Gasteiger partial charge in [0.1, 0.15) is 9.84 Å². The normalized spacial score (nSPS) is 20.0. The van der Waals surface area contributed by atoms with Crippen molar-refractivity contribution in [1.82, 2.24) is 9.62 Å². The first-order chi connectivity index (χ1) is 10.2. The van der Waals surface area contributed by atoms with Gasteiger partial charge in [-0.3, -0.25) is 0 Å². The minimum absolute atomic E-state index is 0. The van der Waals surface area contributed by atoms with Gasteiger partial charge in [-0.1, -0.05) is 23.7 Å². The van der Waals surface area contributed by atoms with E-state index in [9.17, 15) is 16.8 Å². The highest BCUT2D eigenvalue weighted by Gasteiger charge is 2.33. The van der Waals surface area contributed by atoms with E-state index in [-0.39, 0.29) is 24.2 Å². The van der Waals surface area contributed by atoms with E-state index in [2.05, 4.69) is 5.32 Å². The average Bonchev–Trinajstić information content (AvgIpc) is 2.45. The summed E-state index contributed by atoms with van der Waals surface area (Å²) in [5.74, 6) is -0.773. The van der Waals surface area contributed by atoms with Gasteiger partial charge in [-0.05, 0) is 17.7 Å². The van der Waals surface area contributed by atoms with E-state index >= 15 is 0 Å². The second kappa shape index (κ2) is 8.13. The Labute approximate surface area is 148 Å². The number of piperazine rings is 1. The molecule has 1 heterocycles. The van der Waals surface area contributed by atoms with Crippen LogP contribution in [0.15, 0.2) is 24.3 Å². The van der Waals surface area contributed by atoms with Gasteiger partial charge in [-0.15, -0.1) is 12.4 Å². The maximum Gasteiger partial charge on any atom is 0.215 e. The van der Waals surface area contributed by atoms with E-state index in [1.807, 2.05) is 6.07 Å². The third kappa shape index (κ3) is 5.88. The highest BCUT2D eigenvalue weighted by molar-refractivity contribution is 7.93. The minimum atomic E-state index is -3.66. The summed E-state index contributed by atoms with van der Waals surface area (Å²) in [5, 5.41) is 3.70. The summed E-state index contributed by atoms with van der Waals surface area (Å²) in [6, 6.07) is 6.68. The molecule has 0 aliphatic carbocycles. The molecule has 1 saturated heterocycles. The van der Waals surface area contributed by atoms with Crippen LogP contribution in [0.4, 0.5) is 0 Å². The monoisotopic (exact) mass is 402 g/mol. The Morgan fingerprint density at radius 3 is 2.57 bits per heavy atom. The molecule has 0 spiro atoms. The number of sulfonamides is 1. The first-order valence-corrected chi connectivity index (χ1v) is 10.9. The number of nitrogens with zero attached hydrogens (tertiary/aromatic N) is 1. The molecule has 132 valence electrons. The smallest absolute Gasteiger partial charge is 0.215 e. The van der Waals surface area contributed by atoms with Crippen LogP contribution in [-0.4, -0.2) is 58.5 Å². The van der Waals surface area contributed by atoms with E-state index in [0.717, 1.165) is 11.8 Å². The molecule has 1 N–H and O–H groups in total. The van der Waals surface area contributed by atoms with Gasteiger partial charge in [0.15, 0.2) is 0 Å². The van der Waals surface area contributed by atoms with Crippen LogP contribution >= 0.6 is 24.0 Å². The van der Waals surface area contributed by atoms with Crippen LogP contribution in [0.3, 0.4) is 0 Å². The van der Waals surface area contributed by atoms with Crippen LogP contribution in [0.5, 0.6) is 0 Å². The zero-order chi connectivity index (χ0) is 16.4. The van der Waals surface area contributed by atoms with Gasteiger partial charge < -0.3 is 5.32 Å². The average molecular weight is 403 g/mol. The molecule has 0 amide bonds. The van der Waals surface area contributed by atoms with Crippen LogP contribution in [0.2, 0.25) is 5.02 Å². The van der Waals surface area contributed by atoms with Crippen LogP contribution in [0, 0.1) is 0 Å². The highest BCUT2D eigenvalue weighted by Crippen LogP contribution is 2.27. The lowest BCUT2D eigenvalue weighted by Gasteiger charge is -2.35. The number of halogens is 2. The fourth-order valence-corrected chi connectivity index (χ4v) is 5.83. The molecular formula is C13H20Cl2N2O4S2. The largest absolute Gasteiger partial charge is 0.313 e. The SMILES string of the molecule is CS(=O)(=O)CCS(=O)(=O)N1CCNCC1c1cccc(Cl)c1.Cl. The van der Waals surface area contributed by atoms with Crippen molar-refractivity contribution < 1.29 is 16.8 Å². The number of hydrogen-bond acceptors (Lipinski definition) is 5. The zero-order valence-corrected chi connectivity index (χ0v) is 15.8. The third-order valence-electron chi connectivity index (χ3n) is 3.50. The Kier molecular flexibility index (Phi) is 7.31. The van der Waals surface area contributed by atoms with Crippen LogP contribution in [-0.2, 0) is 19.9 Å². The summed E-state index contributed by atoms with van der Waals surface area (Å²) < 4.78 is 48.9. The maximum absolute atomic E-state index is 12.5. The lowest BCUT2D eigenvalue weighted by Crippen LogP contribution is -2.49. The number of rotatable bonds is 5. The van der Waals surface area contributed by atoms with Gasteiger partial charge in [0.25, 0.3) is 0 Å². The fraction of sp³-hybridized carbons (Fsp3) is 0.538. The Morgan fingerprint density at radius 2 is 1.96 bits per heavy atom. The second-order valence-corrected chi connectivity index (χ2v) is 10.1. The van der Waals surface area contributed by atoms with Crippen molar-refractivity contribution in [3.63, 3.8) is 0 Å². The molecule has 1 aromatic carbocycles. The molecule has 1 unspecified atom stereocenters. The summed E-state index contributed by atoms with van der Waals surface area (Å²) in [6.45, 7) is 1.32. The minimum Gasteiger partial charge on any atom is -0.313 e. The molecule has 0 radical (unpaired) electrons. The van der Waals surface area contributed by atoms with Crippen LogP contribution in [0.25, 0.3) is 0 Å². The summed E-state index contributed by atoms with van der Waals surface area (Å²) >= 11 is 5.98. The summed E-state index contributed by atoms with van der Waals surface area (Å²) in [4.78, 5) is 0. The fourth-order valence-electron chi connectivity index (χ4n) is 2.39. The zero-order valence-electron chi connectivity index (χ0n) is 12.6. The molecule has 0 saturated carbocycles. The van der Waals surface area contributed by atoms with E-state index in [1.165, 1.54) is 4.31 Å². The Morgan fingerprint density at radius 1 is 1.26 bits per heavy atom. The molecule has 1 fully saturated rings. The molecule has 1 atom stereocenters. The molecule has 6 nitrogen and oxygen atoms in total. The van der Waals surface area contributed by atoms with Crippen LogP contribution < -0.4 is 5.32 Å². The molecule has 23 heavy (non-hydrogen) atoms. The first-order valence-electron chi connectivity index (χ1n) is 6.82. The Hall–Kier alpha value is -0.380. The third-order valence-corrected chi connectivity index (χ3v) is 6.81. The van der Waals surface area contributed by atoms with Crippen molar-refractivity contribution in [2.24, 2.45) is 0 Å². The molecular weight excluding hydrogens is 383 g/mol. The van der Waals surface area contributed by atoms with Crippen molar-refractivity contribution in [3.05, 3.63) is 34.9 Å². The topological polar surface area (TPSA) is 83.5 Å². The standard InChI is InChI=1S/C13H19ClN2O4S2.ClH/c1-21(17,18)7-8-22(19,20)16-6-5-15-10-13(16)11-3-2-4-12(14)9-11;/h2-4,9,13,15H,5-8,10H2,1H3;1H. The van der Waals surface area contributed by atoms with Gasteiger partial charge in [-0.2, -0.15) is 4.31 Å². The lowest BCUT2D eigenvalue weighted by molar-refractivity contribution is 0.272. The summed E-state index contributed by atoms with van der Waals surface area (Å²) in [6.07, 6.45) is 1.04. The predicted octanol–water partition coefficient (Wildman–Crippen LogP) is 1.08. The van der Waals surface area contributed by atoms with Gasteiger partial charge >= 0.3 is 0 Å². The van der Waals surface area contributed by atoms with E-state index < -0.39 is 25.6 Å². The van der Waals surface area contributed by atoms with E-state index in [0.29, 0.717) is 24.7 Å². The maximum atomic E-state index is 12.5. The van der Waals surface area contributed by atoms with Crippen molar-refractivity contribution in [2.45, 2.75) is 6.04 Å². The lowest BCUT2D eigenvalue weighted by atomic mass is 10.1. The first kappa shape index (κ1) is 20.7. The second-order valence-electron chi connectivity index (χ2n) is 5.33. The number of nitrogens with one attached hydrogen (secondary N) is 1. The number of benzene rings is 1. The molecule has 1 aromatic rings. The summed E-state index contributed by atoms with van der Waals surface area (Å²) in [7, 11) is -6.98. The van der Waals surface area contributed by atoms with Crippen molar-refractivity contribution >= 4 is 43.9 Å². The molecule has 0 aromatic heterocycles. The van der Waals surface area contributed by atoms with Gasteiger partial charge in [0, 0.05) is 30.9 Å². The molecule has 2 rings (SSSR count). The Balaban J connectivity index is 0.00000264. The predicted molar refractivity (Wildman–Crippen MR) is 94.5 cm³/mol. The highest BCUT2D eigenvalue weighted by atomic mass is 35.5. The van der Waals surface area contributed by atoms with Gasteiger partial charge in [0.05, 0.1) is 17.5 Å². The van der Waals surface area contributed by atoms with Gasteiger partial charge in [0.2, 0.25) is 10.0 Å². The molecule has 0 bridgehead atoms. The van der Waals surface area contributed by atoms with Crippen LogP contribution in [0.1, 0.15) is 11.6 Å². The molecule has 1 aliphatic heterocycles. The van der Waals surface area contributed by atoms with E-state index in [4.69, 9.17) is 11.6 Å². The molecule has 1 aliphatic rings. The van der Waals surface area contributed by atoms with Gasteiger partial charge in [-0.25, -0.2) is 16.8 Å². The Bertz CT molecular complexity index is 738. The summed E-state index contributed by atoms with van der Waals surface area (Å²) in [5.41, 5.74) is 0.794. The van der Waals surface area contributed by atoms with E-state index in [1.54, 1.807) is 18.2 Å². The van der Waals surface area contributed by atoms with Crippen molar-refractivity contribution in [2.75, 3.05) is 37.4 Å². The number of sulfone groups is 1. The molecule has 10 heteroatoms.